The minimum atomic E-state index is 0.00215. The lowest BCUT2D eigenvalue weighted by molar-refractivity contribution is 0.201. The lowest BCUT2D eigenvalue weighted by Gasteiger charge is -2.42. The van der Waals surface area contributed by atoms with Gasteiger partial charge in [0.15, 0.2) is 0 Å². The molecule has 0 spiro atoms. The SMILES string of the molecule is CC(C)c1ncc(N2CCC3CCCCC3C2)c(CO)n1. The van der Waals surface area contributed by atoms with Crippen LogP contribution in [0.1, 0.15) is 63.4 Å². The molecule has 21 heavy (non-hydrogen) atoms. The first-order chi connectivity index (χ1) is 10.2. The number of fused-ring (bicyclic) bond motifs is 1. The minimum Gasteiger partial charge on any atom is -0.390 e. The number of aliphatic hydroxyl groups is 1. The van der Waals surface area contributed by atoms with Gasteiger partial charge in [0.1, 0.15) is 5.82 Å². The van der Waals surface area contributed by atoms with Crippen molar-refractivity contribution < 1.29 is 5.11 Å². The zero-order chi connectivity index (χ0) is 14.8. The number of aliphatic hydroxyl groups excluding tert-OH is 1. The Kier molecular flexibility index (Phi) is 4.43. The van der Waals surface area contributed by atoms with Crippen molar-refractivity contribution >= 4 is 5.69 Å². The maximum atomic E-state index is 9.67. The fourth-order valence-corrected chi connectivity index (χ4v) is 3.90. The van der Waals surface area contributed by atoms with Gasteiger partial charge in [-0.15, -0.1) is 0 Å². The summed E-state index contributed by atoms with van der Waals surface area (Å²) in [5, 5.41) is 9.67. The molecule has 2 aliphatic rings. The Hall–Kier alpha value is -1.16. The second-order valence-electron chi connectivity index (χ2n) is 6.91. The van der Waals surface area contributed by atoms with Gasteiger partial charge in [0, 0.05) is 19.0 Å². The number of rotatable bonds is 3. The van der Waals surface area contributed by atoms with E-state index in [1.165, 1.54) is 32.1 Å². The highest BCUT2D eigenvalue weighted by atomic mass is 16.3. The van der Waals surface area contributed by atoms with Gasteiger partial charge >= 0.3 is 0 Å². The first-order valence-electron chi connectivity index (χ1n) is 8.40. The molecule has 2 fully saturated rings. The molecular weight excluding hydrogens is 262 g/mol. The highest BCUT2D eigenvalue weighted by Gasteiger charge is 2.32. The predicted octanol–water partition coefficient (Wildman–Crippen LogP) is 3.11. The Morgan fingerprint density at radius 2 is 2.00 bits per heavy atom. The van der Waals surface area contributed by atoms with Gasteiger partial charge in [-0.1, -0.05) is 33.1 Å². The van der Waals surface area contributed by atoms with E-state index in [1.54, 1.807) is 0 Å². The van der Waals surface area contributed by atoms with Crippen molar-refractivity contribution in [3.05, 3.63) is 17.7 Å². The van der Waals surface area contributed by atoms with E-state index in [4.69, 9.17) is 0 Å². The van der Waals surface area contributed by atoms with Crippen molar-refractivity contribution in [3.63, 3.8) is 0 Å². The highest BCUT2D eigenvalue weighted by molar-refractivity contribution is 5.49. The van der Waals surface area contributed by atoms with E-state index in [1.807, 2.05) is 6.20 Å². The van der Waals surface area contributed by atoms with Crippen molar-refractivity contribution in [2.24, 2.45) is 11.8 Å². The molecule has 2 atom stereocenters. The van der Waals surface area contributed by atoms with Gasteiger partial charge in [0.05, 0.1) is 24.2 Å². The summed E-state index contributed by atoms with van der Waals surface area (Å²) in [6, 6.07) is 0. The smallest absolute Gasteiger partial charge is 0.131 e. The van der Waals surface area contributed by atoms with Crippen LogP contribution in [-0.2, 0) is 6.61 Å². The summed E-state index contributed by atoms with van der Waals surface area (Å²) in [5.74, 6) is 2.87. The lowest BCUT2D eigenvalue weighted by atomic mass is 9.75. The molecule has 4 heteroatoms. The summed E-state index contributed by atoms with van der Waals surface area (Å²) in [6.45, 7) is 6.37. The van der Waals surface area contributed by atoms with Gasteiger partial charge in [0.2, 0.25) is 0 Å². The van der Waals surface area contributed by atoms with Crippen LogP contribution in [0.15, 0.2) is 6.20 Å². The molecule has 1 aromatic heterocycles. The third-order valence-electron chi connectivity index (χ3n) is 5.16. The van der Waals surface area contributed by atoms with Crippen LogP contribution in [0.4, 0.5) is 5.69 Å². The van der Waals surface area contributed by atoms with Crippen LogP contribution < -0.4 is 4.90 Å². The second kappa shape index (κ2) is 6.30. The fraction of sp³-hybridized carbons (Fsp3) is 0.765. The van der Waals surface area contributed by atoms with Crippen molar-refractivity contribution in [1.29, 1.82) is 0 Å². The molecule has 1 N–H and O–H groups in total. The fourth-order valence-electron chi connectivity index (χ4n) is 3.90. The van der Waals surface area contributed by atoms with Crippen molar-refractivity contribution in [3.8, 4) is 0 Å². The van der Waals surface area contributed by atoms with Crippen LogP contribution in [0.3, 0.4) is 0 Å². The number of hydrogen-bond donors (Lipinski definition) is 1. The first-order valence-corrected chi connectivity index (χ1v) is 8.40. The van der Waals surface area contributed by atoms with E-state index in [-0.39, 0.29) is 6.61 Å². The molecule has 0 aromatic carbocycles. The summed E-state index contributed by atoms with van der Waals surface area (Å²) in [5.41, 5.74) is 1.84. The van der Waals surface area contributed by atoms with E-state index < -0.39 is 0 Å². The normalized spacial score (nSPS) is 26.0. The van der Waals surface area contributed by atoms with Crippen LogP contribution in [0.2, 0.25) is 0 Å². The van der Waals surface area contributed by atoms with Gasteiger partial charge in [-0.2, -0.15) is 0 Å². The van der Waals surface area contributed by atoms with E-state index in [9.17, 15) is 5.11 Å². The molecule has 1 aromatic rings. The van der Waals surface area contributed by atoms with Crippen molar-refractivity contribution in [2.45, 2.75) is 58.5 Å². The minimum absolute atomic E-state index is 0.00215. The van der Waals surface area contributed by atoms with Gasteiger partial charge in [-0.25, -0.2) is 9.97 Å². The largest absolute Gasteiger partial charge is 0.390 e. The van der Waals surface area contributed by atoms with Crippen LogP contribution in [0, 0.1) is 11.8 Å². The van der Waals surface area contributed by atoms with Gasteiger partial charge in [-0.05, 0) is 24.7 Å². The molecule has 3 rings (SSSR count). The van der Waals surface area contributed by atoms with E-state index in [0.717, 1.165) is 42.1 Å². The van der Waals surface area contributed by atoms with E-state index in [0.29, 0.717) is 5.92 Å². The number of hydrogen-bond acceptors (Lipinski definition) is 4. The molecule has 2 unspecified atom stereocenters. The molecule has 1 aliphatic carbocycles. The Morgan fingerprint density at radius 1 is 1.24 bits per heavy atom. The van der Waals surface area contributed by atoms with Gasteiger partial charge in [0.25, 0.3) is 0 Å². The summed E-state index contributed by atoms with van der Waals surface area (Å²) in [6.07, 6.45) is 8.77. The molecule has 1 aliphatic heterocycles. The summed E-state index contributed by atoms with van der Waals surface area (Å²) < 4.78 is 0. The van der Waals surface area contributed by atoms with Crippen LogP contribution in [0.25, 0.3) is 0 Å². The number of aromatic nitrogens is 2. The zero-order valence-corrected chi connectivity index (χ0v) is 13.3. The second-order valence-corrected chi connectivity index (χ2v) is 6.91. The van der Waals surface area contributed by atoms with E-state index in [2.05, 4.69) is 28.7 Å². The quantitative estimate of drug-likeness (QED) is 0.929. The average molecular weight is 289 g/mol. The third-order valence-corrected chi connectivity index (χ3v) is 5.16. The third kappa shape index (κ3) is 3.05. The Balaban J connectivity index is 1.80. The maximum Gasteiger partial charge on any atom is 0.131 e. The summed E-state index contributed by atoms with van der Waals surface area (Å²) in [4.78, 5) is 11.5. The Morgan fingerprint density at radius 3 is 2.71 bits per heavy atom. The number of nitrogens with zero attached hydrogens (tertiary/aromatic N) is 3. The molecule has 0 amide bonds. The molecular formula is C17H27N3O. The van der Waals surface area contributed by atoms with Crippen molar-refractivity contribution in [1.82, 2.24) is 9.97 Å². The molecule has 2 heterocycles. The van der Waals surface area contributed by atoms with Gasteiger partial charge < -0.3 is 10.0 Å². The van der Waals surface area contributed by atoms with Crippen molar-refractivity contribution in [2.75, 3.05) is 18.0 Å². The molecule has 0 radical (unpaired) electrons. The predicted molar refractivity (Wildman–Crippen MR) is 84.3 cm³/mol. The molecule has 4 nitrogen and oxygen atoms in total. The first kappa shape index (κ1) is 14.8. The maximum absolute atomic E-state index is 9.67. The molecule has 0 bridgehead atoms. The molecule has 116 valence electrons. The van der Waals surface area contributed by atoms with Gasteiger partial charge in [-0.3, -0.25) is 0 Å². The topological polar surface area (TPSA) is 49.2 Å². The lowest BCUT2D eigenvalue weighted by Crippen LogP contribution is -2.42. The van der Waals surface area contributed by atoms with Crippen LogP contribution in [-0.4, -0.2) is 28.2 Å². The Labute approximate surface area is 127 Å². The standard InChI is InChI=1S/C17H27N3O/c1-12(2)17-18-9-16(15(11-21)19-17)20-8-7-13-5-3-4-6-14(13)10-20/h9,12-14,21H,3-8,10-11H2,1-2H3. The molecule has 1 saturated carbocycles. The number of anilines is 1. The summed E-state index contributed by atoms with van der Waals surface area (Å²) in [7, 11) is 0. The van der Waals surface area contributed by atoms with E-state index >= 15 is 0 Å². The zero-order valence-electron chi connectivity index (χ0n) is 13.3. The summed E-state index contributed by atoms with van der Waals surface area (Å²) >= 11 is 0. The molecule has 1 saturated heterocycles. The average Bonchev–Trinajstić information content (AvgIpc) is 2.53. The number of piperidine rings is 1. The van der Waals surface area contributed by atoms with Crippen LogP contribution in [0.5, 0.6) is 0 Å². The Bertz CT molecular complexity index is 489. The monoisotopic (exact) mass is 289 g/mol. The van der Waals surface area contributed by atoms with Crippen LogP contribution >= 0.6 is 0 Å². The highest BCUT2D eigenvalue weighted by Crippen LogP contribution is 2.38.